The highest BCUT2D eigenvalue weighted by molar-refractivity contribution is 5.92. The van der Waals surface area contributed by atoms with E-state index in [-0.39, 0.29) is 5.91 Å². The third-order valence-corrected chi connectivity index (χ3v) is 1.46. The number of amides is 1. The second-order valence-electron chi connectivity index (χ2n) is 2.37. The second kappa shape index (κ2) is 5.92. The highest BCUT2D eigenvalue weighted by atomic mass is 16.1. The van der Waals surface area contributed by atoms with Crippen molar-refractivity contribution >= 4 is 5.91 Å². The summed E-state index contributed by atoms with van der Waals surface area (Å²) in [5.41, 5.74) is 6.01. The van der Waals surface area contributed by atoms with E-state index in [0.29, 0.717) is 13.1 Å². The van der Waals surface area contributed by atoms with Crippen LogP contribution in [0.15, 0.2) is 11.6 Å². The summed E-state index contributed by atoms with van der Waals surface area (Å²) in [5.74, 6) is 0.000880. The maximum Gasteiger partial charge on any atom is 0.246 e. The molecule has 0 aromatic carbocycles. The van der Waals surface area contributed by atoms with E-state index in [1.54, 1.807) is 13.0 Å². The van der Waals surface area contributed by atoms with Crippen LogP contribution in [0.5, 0.6) is 0 Å². The lowest BCUT2D eigenvalue weighted by atomic mass is 10.2. The topological polar surface area (TPSA) is 55.1 Å². The molecule has 0 aromatic rings. The Morgan fingerprint density at radius 1 is 1.64 bits per heavy atom. The lowest BCUT2D eigenvalue weighted by Gasteiger charge is -2.02. The van der Waals surface area contributed by atoms with E-state index in [1.807, 2.05) is 6.92 Å². The molecule has 0 atom stereocenters. The van der Waals surface area contributed by atoms with Gasteiger partial charge in [0.15, 0.2) is 0 Å². The molecule has 0 aliphatic rings. The van der Waals surface area contributed by atoms with Crippen LogP contribution in [0, 0.1) is 0 Å². The average Bonchev–Trinajstić information content (AvgIpc) is 2.03. The van der Waals surface area contributed by atoms with Crippen LogP contribution in [0.2, 0.25) is 0 Å². The van der Waals surface area contributed by atoms with Gasteiger partial charge in [0.05, 0.1) is 0 Å². The van der Waals surface area contributed by atoms with Crippen LogP contribution in [0.3, 0.4) is 0 Å². The molecule has 1 amide bonds. The van der Waals surface area contributed by atoms with Gasteiger partial charge in [-0.25, -0.2) is 0 Å². The third-order valence-electron chi connectivity index (χ3n) is 1.46. The van der Waals surface area contributed by atoms with Gasteiger partial charge in [0, 0.05) is 12.1 Å². The normalized spacial score (nSPS) is 11.4. The van der Waals surface area contributed by atoms with Gasteiger partial charge in [-0.3, -0.25) is 4.79 Å². The average molecular weight is 156 g/mol. The minimum Gasteiger partial charge on any atom is -0.352 e. The molecule has 3 N–H and O–H groups in total. The number of hydrogen-bond donors (Lipinski definition) is 2. The Morgan fingerprint density at radius 2 is 2.27 bits per heavy atom. The van der Waals surface area contributed by atoms with Crippen LogP contribution in [0.4, 0.5) is 0 Å². The fourth-order valence-corrected chi connectivity index (χ4v) is 0.574. The summed E-state index contributed by atoms with van der Waals surface area (Å²) < 4.78 is 0. The minimum atomic E-state index is 0.000880. The summed E-state index contributed by atoms with van der Waals surface area (Å²) in [7, 11) is 0. The van der Waals surface area contributed by atoms with E-state index in [2.05, 4.69) is 5.32 Å². The molecule has 3 nitrogen and oxygen atoms in total. The van der Waals surface area contributed by atoms with E-state index in [4.69, 9.17) is 5.73 Å². The van der Waals surface area contributed by atoms with Crippen molar-refractivity contribution in [1.29, 1.82) is 0 Å². The zero-order valence-electron chi connectivity index (χ0n) is 7.18. The quantitative estimate of drug-likeness (QED) is 0.458. The van der Waals surface area contributed by atoms with Gasteiger partial charge in [-0.1, -0.05) is 6.08 Å². The van der Waals surface area contributed by atoms with Crippen LogP contribution in [0.25, 0.3) is 0 Å². The van der Waals surface area contributed by atoms with Crippen LogP contribution < -0.4 is 11.1 Å². The zero-order chi connectivity index (χ0) is 8.69. The van der Waals surface area contributed by atoms with Gasteiger partial charge in [-0.2, -0.15) is 0 Å². The Morgan fingerprint density at radius 3 is 2.73 bits per heavy atom. The lowest BCUT2D eigenvalue weighted by molar-refractivity contribution is -0.117. The minimum absolute atomic E-state index is 0.000880. The molecule has 64 valence electrons. The summed E-state index contributed by atoms with van der Waals surface area (Å²) in [5, 5.41) is 2.75. The summed E-state index contributed by atoms with van der Waals surface area (Å²) in [6.07, 6.45) is 2.63. The van der Waals surface area contributed by atoms with E-state index in [0.717, 1.165) is 12.0 Å². The van der Waals surface area contributed by atoms with Crippen LogP contribution in [-0.4, -0.2) is 19.0 Å². The first-order valence-electron chi connectivity index (χ1n) is 3.83. The molecule has 0 aliphatic heterocycles. The first-order valence-corrected chi connectivity index (χ1v) is 3.83. The molecule has 0 bridgehead atoms. The third kappa shape index (κ3) is 4.56. The number of rotatable bonds is 4. The SMILES string of the molecule is CC=C(C)C(=O)NCCCN. The van der Waals surface area contributed by atoms with Gasteiger partial charge in [0.25, 0.3) is 0 Å². The summed E-state index contributed by atoms with van der Waals surface area (Å²) in [6.45, 7) is 4.92. The Balaban J connectivity index is 3.53. The molecule has 0 saturated heterocycles. The maximum atomic E-state index is 11.0. The number of allylic oxidation sites excluding steroid dienone is 1. The highest BCUT2D eigenvalue weighted by Crippen LogP contribution is 1.90. The van der Waals surface area contributed by atoms with Gasteiger partial charge < -0.3 is 11.1 Å². The Kier molecular flexibility index (Phi) is 5.47. The molecule has 0 heterocycles. The van der Waals surface area contributed by atoms with E-state index >= 15 is 0 Å². The Hall–Kier alpha value is -0.830. The molecular weight excluding hydrogens is 140 g/mol. The molecule has 0 rings (SSSR count). The fourth-order valence-electron chi connectivity index (χ4n) is 0.574. The van der Waals surface area contributed by atoms with E-state index in [9.17, 15) is 4.79 Å². The first kappa shape index (κ1) is 10.2. The van der Waals surface area contributed by atoms with Crippen molar-refractivity contribution in [3.63, 3.8) is 0 Å². The van der Waals surface area contributed by atoms with Crippen molar-refractivity contribution < 1.29 is 4.79 Å². The number of carbonyl (C=O) groups excluding carboxylic acids is 1. The van der Waals surface area contributed by atoms with Gasteiger partial charge in [-0.05, 0) is 26.8 Å². The fraction of sp³-hybridized carbons (Fsp3) is 0.625. The van der Waals surface area contributed by atoms with Crippen LogP contribution >= 0.6 is 0 Å². The molecular formula is C8H16N2O. The van der Waals surface area contributed by atoms with Gasteiger partial charge in [-0.15, -0.1) is 0 Å². The number of nitrogens with one attached hydrogen (secondary N) is 1. The molecule has 0 saturated carbocycles. The predicted molar refractivity (Wildman–Crippen MR) is 46.1 cm³/mol. The van der Waals surface area contributed by atoms with Crippen LogP contribution in [0.1, 0.15) is 20.3 Å². The molecule has 0 radical (unpaired) electrons. The van der Waals surface area contributed by atoms with Crippen molar-refractivity contribution in [3.05, 3.63) is 11.6 Å². The van der Waals surface area contributed by atoms with Crippen molar-refractivity contribution in [2.45, 2.75) is 20.3 Å². The van der Waals surface area contributed by atoms with Gasteiger partial charge in [0.1, 0.15) is 0 Å². The highest BCUT2D eigenvalue weighted by Gasteiger charge is 1.99. The number of carbonyl (C=O) groups is 1. The lowest BCUT2D eigenvalue weighted by Crippen LogP contribution is -2.26. The number of hydrogen-bond acceptors (Lipinski definition) is 2. The largest absolute Gasteiger partial charge is 0.352 e. The molecule has 11 heavy (non-hydrogen) atoms. The molecule has 0 unspecified atom stereocenters. The van der Waals surface area contributed by atoms with Gasteiger partial charge >= 0.3 is 0 Å². The zero-order valence-corrected chi connectivity index (χ0v) is 7.18. The molecule has 0 aromatic heterocycles. The summed E-state index contributed by atoms with van der Waals surface area (Å²) >= 11 is 0. The van der Waals surface area contributed by atoms with E-state index in [1.165, 1.54) is 0 Å². The smallest absolute Gasteiger partial charge is 0.246 e. The van der Waals surface area contributed by atoms with Crippen molar-refractivity contribution in [2.75, 3.05) is 13.1 Å². The monoisotopic (exact) mass is 156 g/mol. The van der Waals surface area contributed by atoms with Crippen LogP contribution in [-0.2, 0) is 4.79 Å². The maximum absolute atomic E-state index is 11.0. The first-order chi connectivity index (χ1) is 5.22. The molecule has 0 fully saturated rings. The number of nitrogens with two attached hydrogens (primary N) is 1. The van der Waals surface area contributed by atoms with E-state index < -0.39 is 0 Å². The second-order valence-corrected chi connectivity index (χ2v) is 2.37. The predicted octanol–water partition coefficient (Wildman–Crippen LogP) is 0.418. The summed E-state index contributed by atoms with van der Waals surface area (Å²) in [6, 6.07) is 0. The summed E-state index contributed by atoms with van der Waals surface area (Å²) in [4.78, 5) is 11.0. The van der Waals surface area contributed by atoms with Crippen molar-refractivity contribution in [3.8, 4) is 0 Å². The van der Waals surface area contributed by atoms with Crippen molar-refractivity contribution in [1.82, 2.24) is 5.32 Å². The Bertz CT molecular complexity index is 152. The van der Waals surface area contributed by atoms with Crippen molar-refractivity contribution in [2.24, 2.45) is 5.73 Å². The van der Waals surface area contributed by atoms with Gasteiger partial charge in [0.2, 0.25) is 5.91 Å². The molecule has 3 heteroatoms. The Labute approximate surface area is 67.7 Å². The molecule has 0 aliphatic carbocycles. The molecule has 0 spiro atoms. The standard InChI is InChI=1S/C8H16N2O/c1-3-7(2)8(11)10-6-4-5-9/h3H,4-6,9H2,1-2H3,(H,10,11).